The lowest BCUT2D eigenvalue weighted by Gasteiger charge is -2.21. The van der Waals surface area contributed by atoms with Gasteiger partial charge in [-0.05, 0) is 18.4 Å². The zero-order valence-corrected chi connectivity index (χ0v) is 8.39. The maximum atomic E-state index is 10.8. The van der Waals surface area contributed by atoms with Crippen molar-refractivity contribution in [1.82, 2.24) is 0 Å². The number of rotatable bonds is 5. The molecule has 15 heavy (non-hydrogen) atoms. The molecule has 0 aliphatic rings. The van der Waals surface area contributed by atoms with Crippen molar-refractivity contribution in [3.63, 3.8) is 0 Å². The quantitative estimate of drug-likeness (QED) is 0.655. The summed E-state index contributed by atoms with van der Waals surface area (Å²) in [5.74, 6) is -1.17. The van der Waals surface area contributed by atoms with Crippen LogP contribution < -0.4 is 5.73 Å². The maximum absolute atomic E-state index is 10.8. The summed E-state index contributed by atoms with van der Waals surface area (Å²) in [6.45, 7) is -0.546. The Morgan fingerprint density at radius 2 is 1.93 bits per heavy atom. The minimum absolute atomic E-state index is 0.225. The maximum Gasteiger partial charge on any atom is 0.326 e. The van der Waals surface area contributed by atoms with E-state index in [0.29, 0.717) is 6.42 Å². The standard InChI is InChI=1S/C11H15NO3/c12-11(8-13,10(14)15)7-6-9-4-2-1-3-5-9/h1-5,13H,6-8,12H2,(H,14,15). The Balaban J connectivity index is 2.59. The van der Waals surface area contributed by atoms with E-state index in [2.05, 4.69) is 0 Å². The summed E-state index contributed by atoms with van der Waals surface area (Å²) in [5, 5.41) is 17.8. The predicted molar refractivity (Wildman–Crippen MR) is 56.4 cm³/mol. The van der Waals surface area contributed by atoms with Gasteiger partial charge in [0.15, 0.2) is 0 Å². The van der Waals surface area contributed by atoms with E-state index in [0.717, 1.165) is 5.56 Å². The van der Waals surface area contributed by atoms with E-state index < -0.39 is 18.1 Å². The van der Waals surface area contributed by atoms with Gasteiger partial charge >= 0.3 is 5.97 Å². The summed E-state index contributed by atoms with van der Waals surface area (Å²) >= 11 is 0. The molecule has 0 radical (unpaired) electrons. The number of aliphatic hydroxyl groups is 1. The summed E-state index contributed by atoms with van der Waals surface area (Å²) in [5.41, 5.74) is 5.02. The van der Waals surface area contributed by atoms with E-state index in [9.17, 15) is 4.79 Å². The Kier molecular flexibility index (Phi) is 3.82. The van der Waals surface area contributed by atoms with Gasteiger partial charge in [-0.25, -0.2) is 0 Å². The van der Waals surface area contributed by atoms with Gasteiger partial charge in [-0.3, -0.25) is 4.79 Å². The summed E-state index contributed by atoms with van der Waals surface area (Å²) in [6.07, 6.45) is 0.771. The molecule has 1 aromatic rings. The second-order valence-corrected chi connectivity index (χ2v) is 3.61. The third-order valence-corrected chi connectivity index (χ3v) is 2.41. The van der Waals surface area contributed by atoms with Crippen LogP contribution in [0.5, 0.6) is 0 Å². The Hall–Kier alpha value is -1.39. The number of carbonyl (C=O) groups is 1. The summed E-state index contributed by atoms with van der Waals surface area (Å²) < 4.78 is 0. The number of carboxylic acids is 1. The van der Waals surface area contributed by atoms with Gasteiger partial charge < -0.3 is 15.9 Å². The van der Waals surface area contributed by atoms with Crippen LogP contribution in [0.25, 0.3) is 0 Å². The van der Waals surface area contributed by atoms with Crippen LogP contribution >= 0.6 is 0 Å². The van der Waals surface area contributed by atoms with Gasteiger partial charge in [-0.15, -0.1) is 0 Å². The predicted octanol–water partition coefficient (Wildman–Crippen LogP) is 0.394. The van der Waals surface area contributed by atoms with Crippen molar-refractivity contribution in [3.05, 3.63) is 35.9 Å². The average Bonchev–Trinajstić information content (AvgIpc) is 2.27. The fourth-order valence-corrected chi connectivity index (χ4v) is 1.27. The fraction of sp³-hybridized carbons (Fsp3) is 0.364. The van der Waals surface area contributed by atoms with Gasteiger partial charge in [0, 0.05) is 0 Å². The van der Waals surface area contributed by atoms with Crippen molar-refractivity contribution < 1.29 is 15.0 Å². The number of carboxylic acid groups (broad SMARTS) is 1. The van der Waals surface area contributed by atoms with Crippen molar-refractivity contribution in [1.29, 1.82) is 0 Å². The average molecular weight is 209 g/mol. The monoisotopic (exact) mass is 209 g/mol. The molecule has 0 aliphatic heterocycles. The van der Waals surface area contributed by atoms with Gasteiger partial charge in [-0.1, -0.05) is 30.3 Å². The van der Waals surface area contributed by atoms with E-state index in [4.69, 9.17) is 15.9 Å². The van der Waals surface area contributed by atoms with Crippen molar-refractivity contribution >= 4 is 5.97 Å². The molecule has 0 amide bonds. The van der Waals surface area contributed by atoms with Gasteiger partial charge in [0.2, 0.25) is 0 Å². The second kappa shape index (κ2) is 4.91. The Bertz CT molecular complexity index is 326. The highest BCUT2D eigenvalue weighted by atomic mass is 16.4. The number of aliphatic hydroxyl groups excluding tert-OH is 1. The molecule has 0 bridgehead atoms. The van der Waals surface area contributed by atoms with Gasteiger partial charge in [0.05, 0.1) is 6.61 Å². The Labute approximate surface area is 88.3 Å². The van der Waals surface area contributed by atoms with Gasteiger partial charge in [-0.2, -0.15) is 0 Å². The minimum Gasteiger partial charge on any atom is -0.480 e. The van der Waals surface area contributed by atoms with Crippen LogP contribution in [-0.2, 0) is 11.2 Å². The van der Waals surface area contributed by atoms with Crippen molar-refractivity contribution in [3.8, 4) is 0 Å². The molecule has 0 aromatic heterocycles. The van der Waals surface area contributed by atoms with Crippen molar-refractivity contribution in [2.45, 2.75) is 18.4 Å². The largest absolute Gasteiger partial charge is 0.480 e. The van der Waals surface area contributed by atoms with Crippen LogP contribution in [0, 0.1) is 0 Å². The number of nitrogens with two attached hydrogens (primary N) is 1. The van der Waals surface area contributed by atoms with Crippen LogP contribution in [0.3, 0.4) is 0 Å². The lowest BCUT2D eigenvalue weighted by molar-refractivity contribution is -0.145. The van der Waals surface area contributed by atoms with Crippen LogP contribution in [0.4, 0.5) is 0 Å². The molecule has 1 rings (SSSR count). The van der Waals surface area contributed by atoms with E-state index >= 15 is 0 Å². The first-order chi connectivity index (χ1) is 7.08. The molecular formula is C11H15NO3. The lowest BCUT2D eigenvalue weighted by Crippen LogP contribution is -2.51. The molecule has 0 spiro atoms. The molecule has 1 aromatic carbocycles. The zero-order valence-electron chi connectivity index (χ0n) is 8.39. The molecule has 0 fully saturated rings. The van der Waals surface area contributed by atoms with Gasteiger partial charge in [0.1, 0.15) is 5.54 Å². The SMILES string of the molecule is NC(CO)(CCc1ccccc1)C(=O)O. The highest BCUT2D eigenvalue weighted by Gasteiger charge is 2.32. The molecular weight excluding hydrogens is 194 g/mol. The Morgan fingerprint density at radius 1 is 1.33 bits per heavy atom. The zero-order chi connectivity index (χ0) is 11.3. The third-order valence-electron chi connectivity index (χ3n) is 2.41. The van der Waals surface area contributed by atoms with Crippen LogP contribution in [-0.4, -0.2) is 28.3 Å². The molecule has 82 valence electrons. The summed E-state index contributed by atoms with van der Waals surface area (Å²) in [4.78, 5) is 10.8. The molecule has 1 unspecified atom stereocenters. The minimum atomic E-state index is -1.53. The number of benzene rings is 1. The number of hydrogen-bond acceptors (Lipinski definition) is 3. The van der Waals surface area contributed by atoms with Crippen LogP contribution in [0.2, 0.25) is 0 Å². The first-order valence-electron chi connectivity index (χ1n) is 4.75. The summed E-state index contributed by atoms with van der Waals surface area (Å²) in [6, 6.07) is 9.46. The highest BCUT2D eigenvalue weighted by molar-refractivity contribution is 5.78. The number of hydrogen-bond donors (Lipinski definition) is 3. The Morgan fingerprint density at radius 3 is 2.40 bits per heavy atom. The van der Waals surface area contributed by atoms with Crippen molar-refractivity contribution in [2.24, 2.45) is 5.73 Å². The van der Waals surface area contributed by atoms with Crippen molar-refractivity contribution in [2.75, 3.05) is 6.61 Å². The fourth-order valence-electron chi connectivity index (χ4n) is 1.27. The summed E-state index contributed by atoms with van der Waals surface area (Å²) in [7, 11) is 0. The molecule has 0 heterocycles. The first-order valence-corrected chi connectivity index (χ1v) is 4.75. The molecule has 4 N–H and O–H groups in total. The molecule has 1 atom stereocenters. The topological polar surface area (TPSA) is 83.5 Å². The van der Waals surface area contributed by atoms with Crippen LogP contribution in [0.1, 0.15) is 12.0 Å². The van der Waals surface area contributed by atoms with E-state index in [1.165, 1.54) is 0 Å². The van der Waals surface area contributed by atoms with Crippen LogP contribution in [0.15, 0.2) is 30.3 Å². The molecule has 0 saturated heterocycles. The molecule has 0 saturated carbocycles. The van der Waals surface area contributed by atoms with E-state index in [-0.39, 0.29) is 6.42 Å². The molecule has 0 aliphatic carbocycles. The molecule has 4 nitrogen and oxygen atoms in total. The molecule has 4 heteroatoms. The smallest absolute Gasteiger partial charge is 0.326 e. The van der Waals surface area contributed by atoms with Gasteiger partial charge in [0.25, 0.3) is 0 Å². The normalized spacial score (nSPS) is 14.5. The second-order valence-electron chi connectivity index (χ2n) is 3.61. The van der Waals surface area contributed by atoms with E-state index in [1.807, 2.05) is 30.3 Å². The number of aryl methyl sites for hydroxylation is 1. The number of aliphatic carboxylic acids is 1. The highest BCUT2D eigenvalue weighted by Crippen LogP contribution is 2.12. The lowest BCUT2D eigenvalue weighted by atomic mass is 9.93. The third kappa shape index (κ3) is 3.04. The first kappa shape index (κ1) is 11.7. The van der Waals surface area contributed by atoms with E-state index in [1.54, 1.807) is 0 Å².